The van der Waals surface area contributed by atoms with Crippen LogP contribution in [0.2, 0.25) is 0 Å². The lowest BCUT2D eigenvalue weighted by Crippen LogP contribution is -2.38. The molecule has 4 rings (SSSR count). The molecule has 10 heteroatoms. The molecule has 2 N–H and O–H groups in total. The molecule has 0 spiro atoms. The predicted octanol–water partition coefficient (Wildman–Crippen LogP) is 2.55. The number of nitrogens with one attached hydrogen (secondary N) is 2. The number of hydrogen-bond acceptors (Lipinski definition) is 7. The van der Waals surface area contributed by atoms with E-state index in [0.29, 0.717) is 56.4 Å². The predicted molar refractivity (Wildman–Crippen MR) is 124 cm³/mol. The molecule has 32 heavy (non-hydrogen) atoms. The molecule has 1 saturated carbocycles. The number of amides is 2. The minimum Gasteiger partial charge on any atom is -0.378 e. The maximum Gasteiger partial charge on any atom is 0.318 e. The Labute approximate surface area is 188 Å². The van der Waals surface area contributed by atoms with Crippen LogP contribution in [0.5, 0.6) is 0 Å². The van der Waals surface area contributed by atoms with E-state index in [9.17, 15) is 13.2 Å². The molecule has 1 aromatic heterocycles. The number of benzene rings is 1. The highest BCUT2D eigenvalue weighted by Crippen LogP contribution is 2.45. The zero-order valence-corrected chi connectivity index (χ0v) is 19.2. The van der Waals surface area contributed by atoms with E-state index in [0.717, 1.165) is 24.2 Å². The molecule has 2 aromatic rings. The zero-order valence-electron chi connectivity index (χ0n) is 18.4. The van der Waals surface area contributed by atoms with Gasteiger partial charge in [0.15, 0.2) is 15.7 Å². The largest absolute Gasteiger partial charge is 0.378 e. The van der Waals surface area contributed by atoms with Crippen LogP contribution in [-0.2, 0) is 19.3 Å². The fourth-order valence-electron chi connectivity index (χ4n) is 4.41. The highest BCUT2D eigenvalue weighted by molar-refractivity contribution is 7.91. The smallest absolute Gasteiger partial charge is 0.318 e. The van der Waals surface area contributed by atoms with Gasteiger partial charge in [0.2, 0.25) is 0 Å². The molecule has 0 unspecified atom stereocenters. The highest BCUT2D eigenvalue weighted by Gasteiger charge is 2.46. The van der Waals surface area contributed by atoms with Gasteiger partial charge in [0.25, 0.3) is 0 Å². The number of urea groups is 1. The number of carbonyl (C=O) groups excluding carboxylic acids is 1. The lowest BCUT2D eigenvalue weighted by atomic mass is 10.0. The Kier molecular flexibility index (Phi) is 6.34. The summed E-state index contributed by atoms with van der Waals surface area (Å²) in [4.78, 5) is 23.2. The van der Waals surface area contributed by atoms with Crippen LogP contribution in [0.1, 0.15) is 31.4 Å². The van der Waals surface area contributed by atoms with E-state index in [-0.39, 0.29) is 6.03 Å². The normalized spacial score (nSPS) is 18.4. The molecule has 2 aliphatic rings. The topological polar surface area (TPSA) is 114 Å². The number of sulfone groups is 1. The van der Waals surface area contributed by atoms with Crippen LogP contribution in [0.25, 0.3) is 11.4 Å². The van der Waals surface area contributed by atoms with Gasteiger partial charge < -0.3 is 20.3 Å². The van der Waals surface area contributed by atoms with Gasteiger partial charge in [0, 0.05) is 43.7 Å². The van der Waals surface area contributed by atoms with Gasteiger partial charge in [0.05, 0.1) is 18.9 Å². The Morgan fingerprint density at radius 3 is 2.34 bits per heavy atom. The van der Waals surface area contributed by atoms with E-state index in [1.54, 1.807) is 19.2 Å². The van der Waals surface area contributed by atoms with Gasteiger partial charge in [-0.2, -0.15) is 0 Å². The van der Waals surface area contributed by atoms with Crippen molar-refractivity contribution in [1.29, 1.82) is 0 Å². The second-order valence-corrected chi connectivity index (χ2v) is 10.6. The summed E-state index contributed by atoms with van der Waals surface area (Å²) < 4.78 is 30.3. The maximum absolute atomic E-state index is 12.9. The van der Waals surface area contributed by atoms with Crippen LogP contribution < -0.4 is 15.5 Å². The molecule has 2 fully saturated rings. The third-order valence-electron chi connectivity index (χ3n) is 6.26. The Morgan fingerprint density at radius 1 is 1.09 bits per heavy atom. The molecule has 0 atom stereocenters. The second kappa shape index (κ2) is 9.03. The molecule has 0 bridgehead atoms. The minimum absolute atomic E-state index is 0.304. The molecule has 1 aliphatic carbocycles. The van der Waals surface area contributed by atoms with E-state index >= 15 is 0 Å². The van der Waals surface area contributed by atoms with E-state index < -0.39 is 14.6 Å². The Balaban J connectivity index is 1.78. The summed E-state index contributed by atoms with van der Waals surface area (Å²) in [5, 5.41) is 5.24. The van der Waals surface area contributed by atoms with E-state index in [4.69, 9.17) is 14.7 Å². The van der Waals surface area contributed by atoms with Gasteiger partial charge in [0.1, 0.15) is 10.6 Å². The lowest BCUT2D eigenvalue weighted by molar-refractivity contribution is 0.122. The summed E-state index contributed by atoms with van der Waals surface area (Å²) in [7, 11) is -1.82. The number of aromatic nitrogens is 2. The number of nitrogens with zero attached hydrogens (tertiary/aromatic N) is 3. The van der Waals surface area contributed by atoms with Crippen LogP contribution >= 0.6 is 0 Å². The molecule has 1 aromatic carbocycles. The molecular weight excluding hydrogens is 430 g/mol. The first-order valence-electron chi connectivity index (χ1n) is 10.8. The number of rotatable bonds is 5. The van der Waals surface area contributed by atoms with Crippen LogP contribution in [0.4, 0.5) is 16.3 Å². The van der Waals surface area contributed by atoms with Crippen molar-refractivity contribution in [3.05, 3.63) is 36.0 Å². The number of carbonyl (C=O) groups is 1. The van der Waals surface area contributed by atoms with Crippen LogP contribution in [-0.4, -0.2) is 64.0 Å². The fraction of sp³-hybridized carbons (Fsp3) is 0.500. The monoisotopic (exact) mass is 459 g/mol. The highest BCUT2D eigenvalue weighted by atomic mass is 32.2. The maximum atomic E-state index is 12.9. The van der Waals surface area contributed by atoms with Crippen LogP contribution in [0, 0.1) is 0 Å². The quantitative estimate of drug-likeness (QED) is 0.706. The Hall–Kier alpha value is -2.72. The first kappa shape index (κ1) is 22.5. The minimum atomic E-state index is -3.37. The number of anilines is 2. The first-order chi connectivity index (χ1) is 15.3. The summed E-state index contributed by atoms with van der Waals surface area (Å²) in [6, 6.07) is 8.75. The van der Waals surface area contributed by atoms with Crippen molar-refractivity contribution in [1.82, 2.24) is 15.3 Å². The molecule has 9 nitrogen and oxygen atoms in total. The summed E-state index contributed by atoms with van der Waals surface area (Å²) >= 11 is 0. The third-order valence-corrected chi connectivity index (χ3v) is 8.30. The van der Waals surface area contributed by atoms with Gasteiger partial charge in [-0.05, 0) is 37.1 Å². The lowest BCUT2D eigenvalue weighted by Gasteiger charge is -2.31. The van der Waals surface area contributed by atoms with Gasteiger partial charge in [-0.15, -0.1) is 0 Å². The van der Waals surface area contributed by atoms with Crippen molar-refractivity contribution in [2.75, 3.05) is 49.8 Å². The van der Waals surface area contributed by atoms with Gasteiger partial charge in [-0.3, -0.25) is 0 Å². The molecular formula is C22H29N5O4S. The van der Waals surface area contributed by atoms with E-state index in [2.05, 4.69) is 15.5 Å². The SMILES string of the molecule is CNC(=O)Nc1ccc(-c2nc(N3CCOCC3)cc(C3(S(C)(=O)=O)CCCC3)n2)cc1. The van der Waals surface area contributed by atoms with Crippen molar-refractivity contribution < 1.29 is 17.9 Å². The van der Waals surface area contributed by atoms with Crippen molar-refractivity contribution >= 4 is 27.4 Å². The van der Waals surface area contributed by atoms with Gasteiger partial charge in [-0.1, -0.05) is 12.8 Å². The fourth-order valence-corrected chi connectivity index (χ4v) is 5.93. The zero-order chi connectivity index (χ0) is 22.8. The molecule has 2 amide bonds. The van der Waals surface area contributed by atoms with E-state index in [1.165, 1.54) is 6.26 Å². The van der Waals surface area contributed by atoms with Crippen molar-refractivity contribution in [3.8, 4) is 11.4 Å². The number of ether oxygens (including phenoxy) is 1. The number of hydrogen-bond donors (Lipinski definition) is 2. The van der Waals surface area contributed by atoms with Gasteiger partial charge >= 0.3 is 6.03 Å². The molecule has 0 radical (unpaired) electrons. The average molecular weight is 460 g/mol. The summed E-state index contributed by atoms with van der Waals surface area (Å²) in [6.45, 7) is 2.59. The first-order valence-corrected chi connectivity index (χ1v) is 12.7. The standard InChI is InChI=1S/C22H29N5O4S/c1-23-21(28)24-17-7-5-16(6-8-17)20-25-18(22(32(2,29)30)9-3-4-10-22)15-19(26-20)27-11-13-31-14-12-27/h5-8,15H,3-4,9-14H2,1-2H3,(H2,23,24,28). The summed E-state index contributed by atoms with van der Waals surface area (Å²) in [6.07, 6.45) is 4.17. The summed E-state index contributed by atoms with van der Waals surface area (Å²) in [5.41, 5.74) is 1.96. The van der Waals surface area contributed by atoms with Crippen molar-refractivity contribution in [2.24, 2.45) is 0 Å². The van der Waals surface area contributed by atoms with E-state index in [1.807, 2.05) is 18.2 Å². The Bertz CT molecular complexity index is 1080. The van der Waals surface area contributed by atoms with Crippen molar-refractivity contribution in [2.45, 2.75) is 30.4 Å². The summed E-state index contributed by atoms with van der Waals surface area (Å²) in [5.74, 6) is 1.20. The molecule has 172 valence electrons. The Morgan fingerprint density at radius 2 is 1.75 bits per heavy atom. The average Bonchev–Trinajstić information content (AvgIpc) is 3.31. The van der Waals surface area contributed by atoms with Crippen molar-refractivity contribution in [3.63, 3.8) is 0 Å². The third kappa shape index (κ3) is 4.42. The van der Waals surface area contributed by atoms with Gasteiger partial charge in [-0.25, -0.2) is 23.2 Å². The number of morpholine rings is 1. The van der Waals surface area contributed by atoms with Crippen LogP contribution in [0.3, 0.4) is 0 Å². The molecule has 1 saturated heterocycles. The molecule has 1 aliphatic heterocycles. The molecule has 2 heterocycles. The second-order valence-electron chi connectivity index (χ2n) is 8.29. The van der Waals surface area contributed by atoms with Crippen LogP contribution in [0.15, 0.2) is 30.3 Å².